The number of anilines is 1. The number of hydrogen-bond donors (Lipinski definition) is 2. The summed E-state index contributed by atoms with van der Waals surface area (Å²) in [6.07, 6.45) is 1.10. The second-order valence-corrected chi connectivity index (χ2v) is 6.57. The van der Waals surface area contributed by atoms with Gasteiger partial charge in [-0.3, -0.25) is 4.99 Å². The molecule has 1 unspecified atom stereocenters. The van der Waals surface area contributed by atoms with E-state index in [2.05, 4.69) is 60.7 Å². The third kappa shape index (κ3) is 6.30. The Kier molecular flexibility index (Phi) is 8.35. The molecule has 24 heavy (non-hydrogen) atoms. The molecule has 2 N–H and O–H groups in total. The fourth-order valence-corrected chi connectivity index (χ4v) is 2.90. The largest absolute Gasteiger partial charge is 0.382 e. The Morgan fingerprint density at radius 2 is 2.08 bits per heavy atom. The Morgan fingerprint density at radius 1 is 1.29 bits per heavy atom. The SMILES string of the molecule is CN=C(NCCOCCOC)NC1CCN(c2ccc(Br)cc2)C1. The van der Waals surface area contributed by atoms with E-state index in [4.69, 9.17) is 9.47 Å². The first-order valence-electron chi connectivity index (χ1n) is 8.27. The highest BCUT2D eigenvalue weighted by molar-refractivity contribution is 9.10. The van der Waals surface area contributed by atoms with Crippen molar-refractivity contribution >= 4 is 27.6 Å². The highest BCUT2D eigenvalue weighted by Gasteiger charge is 2.23. The molecule has 0 saturated carbocycles. The maximum atomic E-state index is 5.44. The summed E-state index contributed by atoms with van der Waals surface area (Å²) in [6, 6.07) is 8.86. The molecule has 1 aromatic rings. The molecule has 1 heterocycles. The number of methoxy groups -OCH3 is 1. The van der Waals surface area contributed by atoms with Crippen LogP contribution in [-0.4, -0.2) is 65.6 Å². The van der Waals surface area contributed by atoms with E-state index in [0.29, 0.717) is 25.9 Å². The van der Waals surface area contributed by atoms with Crippen LogP contribution in [0.1, 0.15) is 6.42 Å². The highest BCUT2D eigenvalue weighted by atomic mass is 79.9. The van der Waals surface area contributed by atoms with Crippen molar-refractivity contribution in [3.05, 3.63) is 28.7 Å². The van der Waals surface area contributed by atoms with Gasteiger partial charge in [-0.1, -0.05) is 15.9 Å². The van der Waals surface area contributed by atoms with Crippen LogP contribution in [0.3, 0.4) is 0 Å². The van der Waals surface area contributed by atoms with Crippen LogP contribution in [-0.2, 0) is 9.47 Å². The smallest absolute Gasteiger partial charge is 0.191 e. The molecule has 134 valence electrons. The number of hydrogen-bond acceptors (Lipinski definition) is 4. The van der Waals surface area contributed by atoms with E-state index in [1.54, 1.807) is 14.2 Å². The maximum absolute atomic E-state index is 5.44. The number of halogens is 1. The molecule has 0 bridgehead atoms. The lowest BCUT2D eigenvalue weighted by molar-refractivity contribution is 0.0733. The van der Waals surface area contributed by atoms with Crippen LogP contribution in [0.15, 0.2) is 33.7 Å². The van der Waals surface area contributed by atoms with Crippen molar-refractivity contribution in [2.75, 3.05) is 58.5 Å². The van der Waals surface area contributed by atoms with Crippen molar-refractivity contribution in [1.82, 2.24) is 10.6 Å². The second-order valence-electron chi connectivity index (χ2n) is 5.66. The summed E-state index contributed by atoms with van der Waals surface area (Å²) in [4.78, 5) is 6.68. The summed E-state index contributed by atoms with van der Waals surface area (Å²) < 4.78 is 11.5. The van der Waals surface area contributed by atoms with Crippen molar-refractivity contribution in [3.8, 4) is 0 Å². The Hall–Kier alpha value is -1.31. The molecule has 1 aliphatic heterocycles. The van der Waals surface area contributed by atoms with Gasteiger partial charge in [-0.25, -0.2) is 0 Å². The first-order chi connectivity index (χ1) is 11.7. The van der Waals surface area contributed by atoms with Gasteiger partial charge in [0.15, 0.2) is 5.96 Å². The number of ether oxygens (including phenoxy) is 2. The van der Waals surface area contributed by atoms with Crippen molar-refractivity contribution in [2.24, 2.45) is 4.99 Å². The quantitative estimate of drug-likeness (QED) is 0.397. The summed E-state index contributed by atoms with van der Waals surface area (Å²) in [6.45, 7) is 4.64. The molecule has 7 heteroatoms. The van der Waals surface area contributed by atoms with E-state index < -0.39 is 0 Å². The number of guanidine groups is 1. The fourth-order valence-electron chi connectivity index (χ4n) is 2.64. The van der Waals surface area contributed by atoms with Gasteiger partial charge in [0.1, 0.15) is 0 Å². The molecule has 2 rings (SSSR count). The summed E-state index contributed by atoms with van der Waals surface area (Å²) in [5.41, 5.74) is 1.26. The summed E-state index contributed by atoms with van der Waals surface area (Å²) >= 11 is 3.48. The molecule has 0 aliphatic carbocycles. The number of aliphatic imine (C=N–C) groups is 1. The Balaban J connectivity index is 1.69. The lowest BCUT2D eigenvalue weighted by atomic mass is 10.3. The minimum absolute atomic E-state index is 0.397. The minimum Gasteiger partial charge on any atom is -0.382 e. The van der Waals surface area contributed by atoms with Crippen molar-refractivity contribution in [2.45, 2.75) is 12.5 Å². The second kappa shape index (κ2) is 10.5. The molecule has 0 aromatic heterocycles. The number of rotatable bonds is 8. The predicted molar refractivity (Wildman–Crippen MR) is 102 cm³/mol. The first-order valence-corrected chi connectivity index (χ1v) is 9.06. The molecule has 1 fully saturated rings. The molecule has 0 radical (unpaired) electrons. The Labute approximate surface area is 152 Å². The first kappa shape index (κ1) is 19.0. The molecule has 6 nitrogen and oxygen atoms in total. The van der Waals surface area contributed by atoms with E-state index in [1.165, 1.54) is 5.69 Å². The third-order valence-corrected chi connectivity index (χ3v) is 4.44. The highest BCUT2D eigenvalue weighted by Crippen LogP contribution is 2.22. The molecule has 1 atom stereocenters. The van der Waals surface area contributed by atoms with Crippen molar-refractivity contribution < 1.29 is 9.47 Å². The lowest BCUT2D eigenvalue weighted by Crippen LogP contribution is -2.45. The van der Waals surface area contributed by atoms with Crippen LogP contribution >= 0.6 is 15.9 Å². The number of nitrogens with one attached hydrogen (secondary N) is 2. The molecule has 1 aromatic carbocycles. The van der Waals surface area contributed by atoms with Gasteiger partial charge in [0.05, 0.1) is 19.8 Å². The molecule has 0 amide bonds. The zero-order chi connectivity index (χ0) is 17.2. The van der Waals surface area contributed by atoms with E-state index in [1.807, 2.05) is 0 Å². The van der Waals surface area contributed by atoms with Gasteiger partial charge in [0.2, 0.25) is 0 Å². The zero-order valence-corrected chi connectivity index (χ0v) is 16.0. The van der Waals surface area contributed by atoms with E-state index in [-0.39, 0.29) is 0 Å². The number of nitrogens with zero attached hydrogens (tertiary/aromatic N) is 2. The maximum Gasteiger partial charge on any atom is 0.191 e. The van der Waals surface area contributed by atoms with Crippen LogP contribution in [0.4, 0.5) is 5.69 Å². The summed E-state index contributed by atoms with van der Waals surface area (Å²) in [5, 5.41) is 6.77. The van der Waals surface area contributed by atoms with E-state index in [9.17, 15) is 0 Å². The van der Waals surface area contributed by atoms with Crippen LogP contribution in [0.2, 0.25) is 0 Å². The van der Waals surface area contributed by atoms with Crippen LogP contribution in [0, 0.1) is 0 Å². The van der Waals surface area contributed by atoms with Gasteiger partial charge in [-0.2, -0.15) is 0 Å². The minimum atomic E-state index is 0.397. The van der Waals surface area contributed by atoms with Crippen LogP contribution in [0.5, 0.6) is 0 Å². The topological polar surface area (TPSA) is 58.1 Å². The van der Waals surface area contributed by atoms with Gasteiger partial charge < -0.3 is 25.0 Å². The average Bonchev–Trinajstić information content (AvgIpc) is 3.06. The molecule has 0 spiro atoms. The third-order valence-electron chi connectivity index (χ3n) is 3.92. The number of benzene rings is 1. The van der Waals surface area contributed by atoms with Gasteiger partial charge in [-0.05, 0) is 30.7 Å². The molecular weight excluding hydrogens is 372 g/mol. The van der Waals surface area contributed by atoms with Crippen LogP contribution < -0.4 is 15.5 Å². The van der Waals surface area contributed by atoms with Crippen molar-refractivity contribution in [1.29, 1.82) is 0 Å². The van der Waals surface area contributed by atoms with E-state index >= 15 is 0 Å². The Morgan fingerprint density at radius 3 is 2.79 bits per heavy atom. The predicted octanol–water partition coefficient (Wildman–Crippen LogP) is 1.86. The average molecular weight is 399 g/mol. The summed E-state index contributed by atoms with van der Waals surface area (Å²) in [7, 11) is 3.47. The van der Waals surface area contributed by atoms with Gasteiger partial charge >= 0.3 is 0 Å². The fraction of sp³-hybridized carbons (Fsp3) is 0.588. The lowest BCUT2D eigenvalue weighted by Gasteiger charge is -2.20. The van der Waals surface area contributed by atoms with E-state index in [0.717, 1.165) is 36.5 Å². The standard InChI is InChI=1S/C17H27BrN4O2/c1-19-17(20-8-10-24-12-11-23-2)21-15-7-9-22(13-15)16-5-3-14(18)4-6-16/h3-6,15H,7-13H2,1-2H3,(H2,19,20,21). The molecule has 1 aliphatic rings. The summed E-state index contributed by atoms with van der Waals surface area (Å²) in [5.74, 6) is 0.827. The molecule has 1 saturated heterocycles. The van der Waals surface area contributed by atoms with Gasteiger partial charge in [0.25, 0.3) is 0 Å². The van der Waals surface area contributed by atoms with Gasteiger partial charge in [-0.15, -0.1) is 0 Å². The molecular formula is C17H27BrN4O2. The van der Waals surface area contributed by atoms with Gasteiger partial charge in [0, 0.05) is 50.0 Å². The Bertz CT molecular complexity index is 510. The normalized spacial score (nSPS) is 18.0. The van der Waals surface area contributed by atoms with Crippen molar-refractivity contribution in [3.63, 3.8) is 0 Å². The monoisotopic (exact) mass is 398 g/mol. The zero-order valence-electron chi connectivity index (χ0n) is 14.4. The van der Waals surface area contributed by atoms with Crippen LogP contribution in [0.25, 0.3) is 0 Å².